The molecule has 0 bridgehead atoms. The number of anilines is 1. The maximum atomic E-state index is 12.5. The standard InChI is InChI=1S/C21H25N3O4S2/c1-4-24(5-2)30(26,27)17-10-7-15(8-11-17)19(25)14-22-21-23-18-12-9-16(28-6-3)13-20(18)29-21/h7-13H,4-6,14H2,1-3H3,(H,22,23). The Kier molecular flexibility index (Phi) is 7.06. The number of sulfonamides is 1. The van der Waals surface area contributed by atoms with E-state index in [-0.39, 0.29) is 17.2 Å². The SMILES string of the molecule is CCOc1ccc2nc(NCC(=O)c3ccc(S(=O)(=O)N(CC)CC)cc3)sc2c1. The Morgan fingerprint density at radius 2 is 1.80 bits per heavy atom. The number of fused-ring (bicyclic) bond motifs is 1. The molecule has 0 radical (unpaired) electrons. The van der Waals surface area contributed by atoms with Crippen LogP contribution in [0.25, 0.3) is 10.2 Å². The number of thiazole rings is 1. The van der Waals surface area contributed by atoms with Crippen molar-refractivity contribution in [2.24, 2.45) is 0 Å². The van der Waals surface area contributed by atoms with E-state index < -0.39 is 10.0 Å². The van der Waals surface area contributed by atoms with Crippen LogP contribution in [0.15, 0.2) is 47.4 Å². The molecule has 1 aromatic heterocycles. The minimum Gasteiger partial charge on any atom is -0.494 e. The van der Waals surface area contributed by atoms with Crippen molar-refractivity contribution < 1.29 is 17.9 Å². The molecule has 0 saturated heterocycles. The normalized spacial score (nSPS) is 11.7. The lowest BCUT2D eigenvalue weighted by atomic mass is 10.1. The number of benzene rings is 2. The van der Waals surface area contributed by atoms with Gasteiger partial charge in [-0.2, -0.15) is 4.31 Å². The van der Waals surface area contributed by atoms with Crippen LogP contribution in [0, 0.1) is 0 Å². The summed E-state index contributed by atoms with van der Waals surface area (Å²) < 4.78 is 33.0. The fourth-order valence-corrected chi connectivity index (χ4v) is 5.37. The number of carbonyl (C=O) groups excluding carboxylic acids is 1. The fourth-order valence-electron chi connectivity index (χ4n) is 3.02. The molecular weight excluding hydrogens is 422 g/mol. The number of ketones is 1. The van der Waals surface area contributed by atoms with Crippen molar-refractivity contribution in [3.8, 4) is 5.75 Å². The minimum absolute atomic E-state index is 0.0697. The average molecular weight is 448 g/mol. The van der Waals surface area contributed by atoms with Crippen molar-refractivity contribution in [1.82, 2.24) is 9.29 Å². The summed E-state index contributed by atoms with van der Waals surface area (Å²) in [5, 5.41) is 3.70. The summed E-state index contributed by atoms with van der Waals surface area (Å²) in [5.74, 6) is 0.645. The number of Topliss-reactive ketones (excluding diaryl/α,β-unsaturated/α-hetero) is 1. The summed E-state index contributed by atoms with van der Waals surface area (Å²) in [6.07, 6.45) is 0. The van der Waals surface area contributed by atoms with Crippen LogP contribution in [-0.2, 0) is 10.0 Å². The van der Waals surface area contributed by atoms with Gasteiger partial charge in [0.2, 0.25) is 10.0 Å². The van der Waals surface area contributed by atoms with Crippen molar-refractivity contribution in [3.63, 3.8) is 0 Å². The van der Waals surface area contributed by atoms with Gasteiger partial charge in [-0.05, 0) is 49.4 Å². The molecule has 0 fully saturated rings. The number of carbonyl (C=O) groups is 1. The van der Waals surface area contributed by atoms with E-state index in [2.05, 4.69) is 10.3 Å². The van der Waals surface area contributed by atoms with Crippen LogP contribution < -0.4 is 10.1 Å². The predicted octanol–water partition coefficient (Wildman–Crippen LogP) is 4.02. The monoisotopic (exact) mass is 447 g/mol. The Bertz CT molecular complexity index is 1120. The third kappa shape index (κ3) is 4.80. The molecule has 3 aromatic rings. The highest BCUT2D eigenvalue weighted by atomic mass is 32.2. The molecular formula is C21H25N3O4S2. The van der Waals surface area contributed by atoms with E-state index in [1.165, 1.54) is 27.8 Å². The summed E-state index contributed by atoms with van der Waals surface area (Å²) in [4.78, 5) is 17.2. The first-order valence-corrected chi connectivity index (χ1v) is 12.0. The number of aromatic nitrogens is 1. The topological polar surface area (TPSA) is 88.6 Å². The summed E-state index contributed by atoms with van der Waals surface area (Å²) >= 11 is 1.45. The lowest BCUT2D eigenvalue weighted by Gasteiger charge is -2.18. The number of rotatable bonds is 10. The van der Waals surface area contributed by atoms with Gasteiger partial charge in [-0.25, -0.2) is 13.4 Å². The maximum absolute atomic E-state index is 12.5. The summed E-state index contributed by atoms with van der Waals surface area (Å²) in [6.45, 7) is 6.99. The van der Waals surface area contributed by atoms with Crippen LogP contribution in [-0.4, -0.2) is 49.7 Å². The lowest BCUT2D eigenvalue weighted by molar-refractivity contribution is 0.101. The van der Waals surface area contributed by atoms with E-state index in [9.17, 15) is 13.2 Å². The van der Waals surface area contributed by atoms with E-state index in [1.807, 2.05) is 25.1 Å². The molecule has 0 spiro atoms. The van der Waals surface area contributed by atoms with E-state index >= 15 is 0 Å². The Morgan fingerprint density at radius 3 is 2.43 bits per heavy atom. The molecule has 7 nitrogen and oxygen atoms in total. The van der Waals surface area contributed by atoms with Crippen LogP contribution >= 0.6 is 11.3 Å². The van der Waals surface area contributed by atoms with E-state index in [4.69, 9.17) is 4.74 Å². The maximum Gasteiger partial charge on any atom is 0.243 e. The largest absolute Gasteiger partial charge is 0.494 e. The Hall–Kier alpha value is -2.49. The summed E-state index contributed by atoms with van der Waals surface area (Å²) in [7, 11) is -3.53. The Labute approximate surface area is 180 Å². The molecule has 0 saturated carbocycles. The van der Waals surface area contributed by atoms with Gasteiger partial charge in [0.1, 0.15) is 5.75 Å². The first-order valence-electron chi connectivity index (χ1n) is 9.79. The zero-order chi connectivity index (χ0) is 21.7. The molecule has 0 aliphatic heterocycles. The fraction of sp³-hybridized carbons (Fsp3) is 0.333. The first-order chi connectivity index (χ1) is 14.4. The van der Waals surface area contributed by atoms with Crippen molar-refractivity contribution in [1.29, 1.82) is 0 Å². The molecule has 160 valence electrons. The summed E-state index contributed by atoms with van der Waals surface area (Å²) in [6, 6.07) is 11.7. The first kappa shape index (κ1) is 22.2. The molecule has 2 aromatic carbocycles. The zero-order valence-electron chi connectivity index (χ0n) is 17.2. The third-order valence-electron chi connectivity index (χ3n) is 4.59. The lowest BCUT2D eigenvalue weighted by Crippen LogP contribution is -2.30. The van der Waals surface area contributed by atoms with Gasteiger partial charge < -0.3 is 10.1 Å². The van der Waals surface area contributed by atoms with Crippen molar-refractivity contribution in [2.45, 2.75) is 25.7 Å². The number of hydrogen-bond donors (Lipinski definition) is 1. The molecule has 1 N–H and O–H groups in total. The molecule has 1 heterocycles. The second-order valence-electron chi connectivity index (χ2n) is 6.47. The van der Waals surface area contributed by atoms with Crippen LogP contribution in [0.1, 0.15) is 31.1 Å². The van der Waals surface area contributed by atoms with Gasteiger partial charge in [0.05, 0.1) is 28.3 Å². The highest BCUT2D eigenvalue weighted by Crippen LogP contribution is 2.29. The second-order valence-corrected chi connectivity index (χ2v) is 9.44. The molecule has 0 aliphatic rings. The molecule has 0 unspecified atom stereocenters. The molecule has 3 rings (SSSR count). The van der Waals surface area contributed by atoms with Crippen LogP contribution in [0.5, 0.6) is 5.75 Å². The average Bonchev–Trinajstić information content (AvgIpc) is 3.15. The second kappa shape index (κ2) is 9.55. The van der Waals surface area contributed by atoms with Gasteiger partial charge in [0, 0.05) is 18.7 Å². The Morgan fingerprint density at radius 1 is 1.10 bits per heavy atom. The summed E-state index contributed by atoms with van der Waals surface area (Å²) in [5.41, 5.74) is 1.28. The van der Waals surface area contributed by atoms with Crippen LogP contribution in [0.2, 0.25) is 0 Å². The highest BCUT2D eigenvalue weighted by Gasteiger charge is 2.21. The van der Waals surface area contributed by atoms with Crippen LogP contribution in [0.4, 0.5) is 5.13 Å². The number of nitrogens with zero attached hydrogens (tertiary/aromatic N) is 2. The van der Waals surface area contributed by atoms with Crippen molar-refractivity contribution in [2.75, 3.05) is 31.6 Å². The van der Waals surface area contributed by atoms with E-state index in [0.29, 0.717) is 30.4 Å². The van der Waals surface area contributed by atoms with Crippen molar-refractivity contribution in [3.05, 3.63) is 48.0 Å². The zero-order valence-corrected chi connectivity index (χ0v) is 18.8. The quantitative estimate of drug-likeness (QED) is 0.472. The molecule has 0 amide bonds. The van der Waals surface area contributed by atoms with Gasteiger partial charge in [0.15, 0.2) is 10.9 Å². The van der Waals surface area contributed by atoms with Gasteiger partial charge in [-0.3, -0.25) is 4.79 Å². The molecule has 0 atom stereocenters. The Balaban J connectivity index is 1.67. The number of nitrogens with one attached hydrogen (secondary N) is 1. The molecule has 30 heavy (non-hydrogen) atoms. The smallest absolute Gasteiger partial charge is 0.243 e. The molecule has 0 aliphatic carbocycles. The van der Waals surface area contributed by atoms with E-state index in [1.54, 1.807) is 26.0 Å². The highest BCUT2D eigenvalue weighted by molar-refractivity contribution is 7.89. The minimum atomic E-state index is -3.53. The van der Waals surface area contributed by atoms with Gasteiger partial charge in [0.25, 0.3) is 0 Å². The van der Waals surface area contributed by atoms with Gasteiger partial charge >= 0.3 is 0 Å². The van der Waals surface area contributed by atoms with E-state index in [0.717, 1.165) is 16.0 Å². The van der Waals surface area contributed by atoms with Crippen LogP contribution in [0.3, 0.4) is 0 Å². The van der Waals surface area contributed by atoms with Gasteiger partial charge in [-0.1, -0.05) is 25.2 Å². The molecule has 9 heteroatoms. The number of ether oxygens (including phenoxy) is 1. The number of hydrogen-bond acceptors (Lipinski definition) is 7. The van der Waals surface area contributed by atoms with Gasteiger partial charge in [-0.15, -0.1) is 0 Å². The predicted molar refractivity (Wildman–Crippen MR) is 120 cm³/mol. The van der Waals surface area contributed by atoms with Crippen molar-refractivity contribution >= 4 is 42.5 Å². The third-order valence-corrected chi connectivity index (χ3v) is 7.63.